The summed E-state index contributed by atoms with van der Waals surface area (Å²) in [5, 5.41) is 0. The van der Waals surface area contributed by atoms with Gasteiger partial charge in [-0.1, -0.05) is 13.0 Å². The van der Waals surface area contributed by atoms with E-state index in [9.17, 15) is 13.6 Å². The second-order valence-electron chi connectivity index (χ2n) is 2.92. The molecule has 2 nitrogen and oxygen atoms in total. The van der Waals surface area contributed by atoms with Crippen LogP contribution in [0.4, 0.5) is 14.5 Å². The van der Waals surface area contributed by atoms with Gasteiger partial charge in [0.05, 0.1) is 0 Å². The molecular weight excluding hydrogens is 188 g/mol. The summed E-state index contributed by atoms with van der Waals surface area (Å²) in [5.41, 5.74) is 5.76. The molecule has 4 heteroatoms. The van der Waals surface area contributed by atoms with E-state index in [1.807, 2.05) is 0 Å². The van der Waals surface area contributed by atoms with Gasteiger partial charge in [0.25, 0.3) is 6.43 Å². The first-order chi connectivity index (χ1) is 6.56. The highest BCUT2D eigenvalue weighted by Crippen LogP contribution is 2.23. The number of carbonyl (C=O) groups excluding carboxylic acids is 1. The van der Waals surface area contributed by atoms with E-state index in [0.717, 1.165) is 6.07 Å². The van der Waals surface area contributed by atoms with Crippen molar-refractivity contribution in [3.05, 3.63) is 29.3 Å². The van der Waals surface area contributed by atoms with Crippen molar-refractivity contribution in [2.45, 2.75) is 19.8 Å². The summed E-state index contributed by atoms with van der Waals surface area (Å²) in [4.78, 5) is 11.2. The van der Waals surface area contributed by atoms with Gasteiger partial charge in [0.2, 0.25) is 0 Å². The lowest BCUT2D eigenvalue weighted by Gasteiger charge is -2.05. The van der Waals surface area contributed by atoms with Crippen molar-refractivity contribution in [2.24, 2.45) is 0 Å². The first-order valence-electron chi connectivity index (χ1n) is 4.27. The van der Waals surface area contributed by atoms with Crippen molar-refractivity contribution < 1.29 is 13.6 Å². The van der Waals surface area contributed by atoms with Crippen LogP contribution in [0.25, 0.3) is 0 Å². The number of nitrogen functional groups attached to an aromatic ring is 1. The van der Waals surface area contributed by atoms with Gasteiger partial charge in [0.15, 0.2) is 5.78 Å². The number of hydrogen-bond acceptors (Lipinski definition) is 2. The monoisotopic (exact) mass is 199 g/mol. The van der Waals surface area contributed by atoms with E-state index in [-0.39, 0.29) is 17.0 Å². The summed E-state index contributed by atoms with van der Waals surface area (Å²) < 4.78 is 24.4. The Labute approximate surface area is 80.7 Å². The topological polar surface area (TPSA) is 43.1 Å². The average Bonchev–Trinajstić information content (AvgIpc) is 2.16. The maximum absolute atomic E-state index is 12.2. The molecule has 0 spiro atoms. The molecule has 1 aromatic carbocycles. The van der Waals surface area contributed by atoms with Crippen LogP contribution in [0.5, 0.6) is 0 Å². The molecule has 2 N–H and O–H groups in total. The zero-order valence-electron chi connectivity index (χ0n) is 7.76. The number of benzene rings is 1. The van der Waals surface area contributed by atoms with Crippen LogP contribution in [0.2, 0.25) is 0 Å². The Morgan fingerprint density at radius 1 is 1.50 bits per heavy atom. The molecule has 14 heavy (non-hydrogen) atoms. The fraction of sp³-hybridized carbons (Fsp3) is 0.300. The SMILES string of the molecule is CCC(=O)c1ccc(C(F)F)cc1N. The van der Waals surface area contributed by atoms with Gasteiger partial charge in [0, 0.05) is 23.2 Å². The minimum atomic E-state index is -2.55. The highest BCUT2D eigenvalue weighted by Gasteiger charge is 2.12. The summed E-state index contributed by atoms with van der Waals surface area (Å²) in [6, 6.07) is 3.72. The zero-order valence-corrected chi connectivity index (χ0v) is 7.76. The highest BCUT2D eigenvalue weighted by molar-refractivity contribution is 6.00. The number of halogens is 2. The first-order valence-corrected chi connectivity index (χ1v) is 4.27. The fourth-order valence-corrected chi connectivity index (χ4v) is 1.16. The third-order valence-corrected chi connectivity index (χ3v) is 1.95. The molecule has 0 bridgehead atoms. The van der Waals surface area contributed by atoms with E-state index in [1.165, 1.54) is 12.1 Å². The maximum Gasteiger partial charge on any atom is 0.263 e. The summed E-state index contributed by atoms with van der Waals surface area (Å²) in [6.45, 7) is 1.70. The van der Waals surface area contributed by atoms with Crippen LogP contribution in [0.1, 0.15) is 35.7 Å². The molecule has 0 fully saturated rings. The van der Waals surface area contributed by atoms with Gasteiger partial charge in [-0.3, -0.25) is 4.79 Å². The second-order valence-corrected chi connectivity index (χ2v) is 2.92. The molecule has 0 amide bonds. The van der Waals surface area contributed by atoms with E-state index < -0.39 is 6.43 Å². The fourth-order valence-electron chi connectivity index (χ4n) is 1.16. The van der Waals surface area contributed by atoms with E-state index >= 15 is 0 Å². The van der Waals surface area contributed by atoms with Crippen LogP contribution in [0, 0.1) is 0 Å². The van der Waals surface area contributed by atoms with Crippen LogP contribution in [0.3, 0.4) is 0 Å². The number of rotatable bonds is 3. The molecule has 0 aliphatic rings. The third kappa shape index (κ3) is 2.07. The Kier molecular flexibility index (Phi) is 3.17. The number of Topliss-reactive ketones (excluding diaryl/α,β-unsaturated/α-hetero) is 1. The largest absolute Gasteiger partial charge is 0.398 e. The minimum absolute atomic E-state index is 0.120. The lowest BCUT2D eigenvalue weighted by Crippen LogP contribution is -2.03. The van der Waals surface area contributed by atoms with Gasteiger partial charge in [-0.05, 0) is 12.1 Å². The molecule has 0 saturated heterocycles. The van der Waals surface area contributed by atoms with E-state index in [2.05, 4.69) is 0 Å². The van der Waals surface area contributed by atoms with Crippen molar-refractivity contribution in [3.63, 3.8) is 0 Å². The predicted molar refractivity (Wildman–Crippen MR) is 50.4 cm³/mol. The molecule has 0 atom stereocenters. The van der Waals surface area contributed by atoms with Crippen LogP contribution in [-0.2, 0) is 0 Å². The van der Waals surface area contributed by atoms with E-state index in [1.54, 1.807) is 6.92 Å². The van der Waals surface area contributed by atoms with Gasteiger partial charge in [-0.25, -0.2) is 8.78 Å². The smallest absolute Gasteiger partial charge is 0.263 e. The van der Waals surface area contributed by atoms with Gasteiger partial charge in [-0.15, -0.1) is 0 Å². The van der Waals surface area contributed by atoms with Crippen LogP contribution < -0.4 is 5.73 Å². The van der Waals surface area contributed by atoms with Gasteiger partial charge in [-0.2, -0.15) is 0 Å². The van der Waals surface area contributed by atoms with Gasteiger partial charge >= 0.3 is 0 Å². The van der Waals surface area contributed by atoms with E-state index in [4.69, 9.17) is 5.73 Å². The summed E-state index contributed by atoms with van der Waals surface area (Å²) in [6.07, 6.45) is -2.24. The zero-order chi connectivity index (χ0) is 10.7. The lowest BCUT2D eigenvalue weighted by atomic mass is 10.0. The van der Waals surface area contributed by atoms with Crippen molar-refractivity contribution >= 4 is 11.5 Å². The molecule has 0 saturated carbocycles. The Morgan fingerprint density at radius 2 is 2.14 bits per heavy atom. The van der Waals surface area contributed by atoms with E-state index in [0.29, 0.717) is 12.0 Å². The highest BCUT2D eigenvalue weighted by atomic mass is 19.3. The Balaban J connectivity index is 3.07. The molecule has 0 unspecified atom stereocenters. The number of nitrogens with two attached hydrogens (primary N) is 1. The van der Waals surface area contributed by atoms with Crippen LogP contribution in [-0.4, -0.2) is 5.78 Å². The molecule has 0 aromatic heterocycles. The van der Waals surface area contributed by atoms with Crippen molar-refractivity contribution in [1.29, 1.82) is 0 Å². The van der Waals surface area contributed by atoms with Gasteiger partial charge in [0.1, 0.15) is 0 Å². The van der Waals surface area contributed by atoms with Crippen LogP contribution in [0.15, 0.2) is 18.2 Å². The van der Waals surface area contributed by atoms with Crippen LogP contribution >= 0.6 is 0 Å². The molecular formula is C10H11F2NO. The normalized spacial score (nSPS) is 10.6. The average molecular weight is 199 g/mol. The first kappa shape index (κ1) is 10.6. The van der Waals surface area contributed by atoms with Crippen molar-refractivity contribution in [2.75, 3.05) is 5.73 Å². The Bertz CT molecular complexity index is 350. The standard InChI is InChI=1S/C10H11F2NO/c1-2-9(14)7-4-3-6(10(11)12)5-8(7)13/h3-5,10H,2,13H2,1H3. The van der Waals surface area contributed by atoms with Gasteiger partial charge < -0.3 is 5.73 Å². The lowest BCUT2D eigenvalue weighted by molar-refractivity contribution is 0.0988. The Hall–Kier alpha value is -1.45. The molecule has 1 aromatic rings. The number of carbonyl (C=O) groups is 1. The molecule has 0 radical (unpaired) electrons. The second kappa shape index (κ2) is 4.17. The quantitative estimate of drug-likeness (QED) is 0.600. The van der Waals surface area contributed by atoms with Crippen molar-refractivity contribution in [1.82, 2.24) is 0 Å². The molecule has 76 valence electrons. The number of hydrogen-bond donors (Lipinski definition) is 1. The number of alkyl halides is 2. The summed E-state index contributed by atoms with van der Waals surface area (Å²) in [7, 11) is 0. The molecule has 0 heterocycles. The minimum Gasteiger partial charge on any atom is -0.398 e. The molecule has 1 rings (SSSR count). The summed E-state index contributed by atoms with van der Waals surface area (Å²) >= 11 is 0. The summed E-state index contributed by atoms with van der Waals surface area (Å²) in [5.74, 6) is -0.136. The Morgan fingerprint density at radius 3 is 2.57 bits per heavy atom. The molecule has 0 aliphatic heterocycles. The predicted octanol–water partition coefficient (Wildman–Crippen LogP) is 2.80. The number of ketones is 1. The maximum atomic E-state index is 12.2. The van der Waals surface area contributed by atoms with Crippen molar-refractivity contribution in [3.8, 4) is 0 Å². The molecule has 0 aliphatic carbocycles. The third-order valence-electron chi connectivity index (χ3n) is 1.95. The number of anilines is 1.